The molecule has 1 heterocycles. The Hall–Kier alpha value is -1.37. The van der Waals surface area contributed by atoms with Crippen LogP contribution in [0.2, 0.25) is 5.02 Å². The molecule has 0 atom stereocenters. The molecule has 0 radical (unpaired) electrons. The summed E-state index contributed by atoms with van der Waals surface area (Å²) in [6.45, 7) is 0.0608. The zero-order valence-electron chi connectivity index (χ0n) is 9.86. The summed E-state index contributed by atoms with van der Waals surface area (Å²) in [4.78, 5) is 10.6. The third-order valence-corrected chi connectivity index (χ3v) is 4.61. The largest absolute Gasteiger partial charge is 0.481 e. The third-order valence-electron chi connectivity index (χ3n) is 2.86. The van der Waals surface area contributed by atoms with Gasteiger partial charge in [0.25, 0.3) is 0 Å². The number of hydrogen-bond donors (Lipinski definition) is 1. The van der Waals surface area contributed by atoms with Crippen molar-refractivity contribution in [3.63, 3.8) is 0 Å². The maximum absolute atomic E-state index is 11.8. The molecule has 1 aliphatic rings. The minimum atomic E-state index is -3.54. The van der Waals surface area contributed by atoms with Crippen molar-refractivity contribution >= 4 is 33.7 Å². The molecule has 2 rings (SSSR count). The van der Waals surface area contributed by atoms with Gasteiger partial charge in [0.05, 0.1) is 5.92 Å². The zero-order chi connectivity index (χ0) is 14.0. The second-order valence-corrected chi connectivity index (χ2v) is 6.51. The molecule has 102 valence electrons. The molecule has 1 aliphatic heterocycles. The van der Waals surface area contributed by atoms with Gasteiger partial charge in [0.2, 0.25) is 10.0 Å². The summed E-state index contributed by atoms with van der Waals surface area (Å²) >= 11 is 5.72. The van der Waals surface area contributed by atoms with Crippen molar-refractivity contribution in [2.75, 3.05) is 13.1 Å². The highest BCUT2D eigenvalue weighted by Gasteiger charge is 2.38. The van der Waals surface area contributed by atoms with E-state index >= 15 is 0 Å². The van der Waals surface area contributed by atoms with Gasteiger partial charge < -0.3 is 5.11 Å². The number of rotatable bonds is 4. The van der Waals surface area contributed by atoms with E-state index in [1.54, 1.807) is 24.3 Å². The van der Waals surface area contributed by atoms with E-state index in [1.807, 2.05) is 0 Å². The van der Waals surface area contributed by atoms with Crippen LogP contribution < -0.4 is 0 Å². The van der Waals surface area contributed by atoms with Crippen LogP contribution in [-0.2, 0) is 14.8 Å². The number of sulfonamides is 1. The van der Waals surface area contributed by atoms with Gasteiger partial charge in [-0.2, -0.15) is 4.31 Å². The summed E-state index contributed by atoms with van der Waals surface area (Å²) in [7, 11) is -3.54. The monoisotopic (exact) mass is 301 g/mol. The number of carboxylic acid groups (broad SMARTS) is 1. The highest BCUT2D eigenvalue weighted by molar-refractivity contribution is 7.92. The molecule has 19 heavy (non-hydrogen) atoms. The van der Waals surface area contributed by atoms with Crippen molar-refractivity contribution in [2.45, 2.75) is 0 Å². The molecule has 0 aliphatic carbocycles. The molecule has 0 bridgehead atoms. The van der Waals surface area contributed by atoms with Crippen molar-refractivity contribution in [1.82, 2.24) is 4.31 Å². The summed E-state index contributed by atoms with van der Waals surface area (Å²) in [6, 6.07) is 6.73. The number of nitrogens with zero attached hydrogens (tertiary/aromatic N) is 1. The van der Waals surface area contributed by atoms with Gasteiger partial charge in [0.15, 0.2) is 0 Å². The minimum absolute atomic E-state index is 0.0304. The van der Waals surface area contributed by atoms with Gasteiger partial charge in [-0.15, -0.1) is 0 Å². The molecule has 0 saturated carbocycles. The van der Waals surface area contributed by atoms with Crippen molar-refractivity contribution in [1.29, 1.82) is 0 Å². The number of benzene rings is 1. The van der Waals surface area contributed by atoms with E-state index in [4.69, 9.17) is 16.7 Å². The summed E-state index contributed by atoms with van der Waals surface area (Å²) in [5, 5.41) is 10.4. The first-order chi connectivity index (χ1) is 8.88. The van der Waals surface area contributed by atoms with Gasteiger partial charge in [0, 0.05) is 23.5 Å². The lowest BCUT2D eigenvalue weighted by atomic mass is 10.0. The molecule has 7 heteroatoms. The van der Waals surface area contributed by atoms with Gasteiger partial charge in [-0.1, -0.05) is 23.7 Å². The lowest BCUT2D eigenvalue weighted by Crippen LogP contribution is -2.52. The molecule has 1 fully saturated rings. The first-order valence-corrected chi connectivity index (χ1v) is 7.43. The van der Waals surface area contributed by atoms with Crippen LogP contribution >= 0.6 is 11.6 Å². The number of hydrogen-bond acceptors (Lipinski definition) is 3. The quantitative estimate of drug-likeness (QED) is 0.917. The average molecular weight is 302 g/mol. The van der Waals surface area contributed by atoms with Crippen LogP contribution in [0.15, 0.2) is 29.7 Å². The first kappa shape index (κ1) is 14.0. The van der Waals surface area contributed by atoms with E-state index < -0.39 is 21.9 Å². The molecular weight excluding hydrogens is 290 g/mol. The lowest BCUT2D eigenvalue weighted by Gasteiger charge is -2.34. The Bertz CT molecular complexity index is 603. The average Bonchev–Trinajstić information content (AvgIpc) is 2.25. The van der Waals surface area contributed by atoms with Gasteiger partial charge in [0.1, 0.15) is 0 Å². The second-order valence-electron chi connectivity index (χ2n) is 4.25. The molecular formula is C12H12ClNO4S. The van der Waals surface area contributed by atoms with E-state index in [0.29, 0.717) is 10.6 Å². The Morgan fingerprint density at radius 2 is 1.89 bits per heavy atom. The van der Waals surface area contributed by atoms with E-state index in [2.05, 4.69) is 0 Å². The molecule has 0 aromatic heterocycles. The van der Waals surface area contributed by atoms with Crippen LogP contribution in [0.3, 0.4) is 0 Å². The van der Waals surface area contributed by atoms with E-state index in [-0.39, 0.29) is 13.1 Å². The summed E-state index contributed by atoms with van der Waals surface area (Å²) < 4.78 is 24.8. The van der Waals surface area contributed by atoms with Crippen molar-refractivity contribution in [3.8, 4) is 0 Å². The fourth-order valence-corrected chi connectivity index (χ4v) is 3.03. The molecule has 0 unspecified atom stereocenters. The minimum Gasteiger partial charge on any atom is -0.481 e. The van der Waals surface area contributed by atoms with Gasteiger partial charge in [-0.3, -0.25) is 4.79 Å². The normalized spacial score (nSPS) is 17.5. The first-order valence-electron chi connectivity index (χ1n) is 5.55. The number of carboxylic acids is 1. The highest BCUT2D eigenvalue weighted by atomic mass is 35.5. The molecule has 1 aromatic carbocycles. The fraction of sp³-hybridized carbons (Fsp3) is 0.250. The topological polar surface area (TPSA) is 74.7 Å². The number of halogens is 1. The zero-order valence-corrected chi connectivity index (χ0v) is 11.4. The van der Waals surface area contributed by atoms with Gasteiger partial charge in [-0.25, -0.2) is 8.42 Å². The fourth-order valence-electron chi connectivity index (χ4n) is 1.63. The molecule has 0 amide bonds. The maximum Gasteiger partial charge on any atom is 0.309 e. The van der Waals surface area contributed by atoms with Crippen molar-refractivity contribution in [2.24, 2.45) is 5.92 Å². The number of aliphatic carboxylic acids is 1. The Balaban J connectivity index is 2.02. The predicted molar refractivity (Wildman–Crippen MR) is 72.1 cm³/mol. The Morgan fingerprint density at radius 3 is 2.42 bits per heavy atom. The van der Waals surface area contributed by atoms with Crippen LogP contribution in [0.1, 0.15) is 5.56 Å². The SMILES string of the molecule is O=C(O)C1CN(S(=O)(=O)C=Cc2ccc(Cl)cc2)C1. The number of carbonyl (C=O) groups is 1. The van der Waals surface area contributed by atoms with Crippen LogP contribution in [0, 0.1) is 5.92 Å². The van der Waals surface area contributed by atoms with E-state index in [1.165, 1.54) is 6.08 Å². The summed E-state index contributed by atoms with van der Waals surface area (Å²) in [5.74, 6) is -1.56. The highest BCUT2D eigenvalue weighted by Crippen LogP contribution is 2.21. The molecule has 1 N–H and O–H groups in total. The van der Waals surface area contributed by atoms with E-state index in [0.717, 1.165) is 9.71 Å². The Labute approximate surface area is 116 Å². The lowest BCUT2D eigenvalue weighted by molar-refractivity contribution is -0.145. The maximum atomic E-state index is 11.8. The summed E-state index contributed by atoms with van der Waals surface area (Å²) in [5.41, 5.74) is 0.711. The smallest absolute Gasteiger partial charge is 0.309 e. The predicted octanol–water partition coefficient (Wildman–Crippen LogP) is 1.66. The second kappa shape index (κ2) is 5.32. The van der Waals surface area contributed by atoms with Gasteiger partial charge >= 0.3 is 5.97 Å². The molecule has 5 nitrogen and oxygen atoms in total. The molecule has 1 aromatic rings. The molecule has 0 spiro atoms. The Morgan fingerprint density at radius 1 is 1.32 bits per heavy atom. The van der Waals surface area contributed by atoms with Crippen LogP contribution in [0.4, 0.5) is 0 Å². The van der Waals surface area contributed by atoms with Crippen LogP contribution in [0.5, 0.6) is 0 Å². The van der Waals surface area contributed by atoms with Gasteiger partial charge in [-0.05, 0) is 23.8 Å². The standard InChI is InChI=1S/C12H12ClNO4S/c13-11-3-1-9(2-4-11)5-6-19(17,18)14-7-10(8-14)12(15)16/h1-6,10H,7-8H2,(H,15,16). The summed E-state index contributed by atoms with van der Waals surface area (Å²) in [6.07, 6.45) is 1.46. The van der Waals surface area contributed by atoms with Crippen molar-refractivity contribution in [3.05, 3.63) is 40.3 Å². The molecule has 1 saturated heterocycles. The van der Waals surface area contributed by atoms with E-state index in [9.17, 15) is 13.2 Å². The third kappa shape index (κ3) is 3.34. The van der Waals surface area contributed by atoms with Crippen LogP contribution in [-0.4, -0.2) is 36.9 Å². The van der Waals surface area contributed by atoms with Crippen LogP contribution in [0.25, 0.3) is 6.08 Å². The Kier molecular flexibility index (Phi) is 3.93. The van der Waals surface area contributed by atoms with Crippen molar-refractivity contribution < 1.29 is 18.3 Å².